The molecular weight excluding hydrogens is 295 g/mol. The van der Waals surface area contributed by atoms with Crippen molar-refractivity contribution in [1.29, 1.82) is 0 Å². The molecule has 0 atom stereocenters. The van der Waals surface area contributed by atoms with Crippen molar-refractivity contribution in [3.63, 3.8) is 0 Å². The molecule has 0 heterocycles. The Kier molecular flexibility index (Phi) is 7.01. The van der Waals surface area contributed by atoms with Crippen molar-refractivity contribution < 1.29 is 18.7 Å². The highest BCUT2D eigenvalue weighted by Gasteiger charge is 2.03. The molecule has 23 heavy (non-hydrogen) atoms. The summed E-state index contributed by atoms with van der Waals surface area (Å²) in [6.07, 6.45) is 3.69. The Morgan fingerprint density at radius 3 is 2.35 bits per heavy atom. The van der Waals surface area contributed by atoms with Crippen LogP contribution in [0.5, 0.6) is 0 Å². The molecule has 0 fully saturated rings. The molecule has 0 aliphatic rings. The molecule has 0 aliphatic heterocycles. The zero-order chi connectivity index (χ0) is 16.3. The van der Waals surface area contributed by atoms with Gasteiger partial charge in [-0.15, -0.1) is 0 Å². The van der Waals surface area contributed by atoms with Crippen LogP contribution in [-0.2, 0) is 27.3 Å². The Balaban J connectivity index is 1.57. The molecule has 0 saturated carbocycles. The first-order chi connectivity index (χ1) is 11.2. The van der Waals surface area contributed by atoms with E-state index in [0.29, 0.717) is 13.2 Å². The Morgan fingerprint density at radius 2 is 1.61 bits per heavy atom. The minimum atomic E-state index is -0.341. The molecule has 2 aromatic carbocycles. The van der Waals surface area contributed by atoms with Crippen LogP contribution in [0.4, 0.5) is 4.39 Å². The average Bonchev–Trinajstić information content (AvgIpc) is 2.57. The summed E-state index contributed by atoms with van der Waals surface area (Å²) >= 11 is 0. The van der Waals surface area contributed by atoms with E-state index in [-0.39, 0.29) is 24.8 Å². The summed E-state index contributed by atoms with van der Waals surface area (Å²) in [5, 5.41) is 0. The van der Waals surface area contributed by atoms with Gasteiger partial charge in [-0.05, 0) is 29.3 Å². The highest BCUT2D eigenvalue weighted by Crippen LogP contribution is 2.04. The first-order valence-corrected chi connectivity index (χ1v) is 7.41. The van der Waals surface area contributed by atoms with Gasteiger partial charge in [0.1, 0.15) is 12.4 Å². The third-order valence-electron chi connectivity index (χ3n) is 3.09. The maximum atomic E-state index is 12.7. The smallest absolute Gasteiger partial charge is 0.310 e. The highest BCUT2D eigenvalue weighted by molar-refractivity contribution is 5.72. The van der Waals surface area contributed by atoms with Crippen LogP contribution < -0.4 is 0 Å². The van der Waals surface area contributed by atoms with Crippen LogP contribution in [0.1, 0.15) is 11.1 Å². The number of rotatable bonds is 8. The van der Waals surface area contributed by atoms with Crippen LogP contribution >= 0.6 is 0 Å². The Hall–Kier alpha value is -2.46. The van der Waals surface area contributed by atoms with Gasteiger partial charge in [0, 0.05) is 0 Å². The van der Waals surface area contributed by atoms with Gasteiger partial charge >= 0.3 is 5.97 Å². The van der Waals surface area contributed by atoms with Crippen molar-refractivity contribution in [2.45, 2.75) is 13.0 Å². The maximum Gasteiger partial charge on any atom is 0.310 e. The van der Waals surface area contributed by atoms with Crippen LogP contribution in [0.25, 0.3) is 0 Å². The largest absolute Gasteiger partial charge is 0.461 e. The Morgan fingerprint density at radius 1 is 0.913 bits per heavy atom. The second-order valence-corrected chi connectivity index (χ2v) is 4.96. The minimum absolute atomic E-state index is 0.138. The van der Waals surface area contributed by atoms with Crippen LogP contribution in [0.15, 0.2) is 66.7 Å². The van der Waals surface area contributed by atoms with Gasteiger partial charge in [0.25, 0.3) is 0 Å². The van der Waals surface area contributed by atoms with E-state index >= 15 is 0 Å². The van der Waals surface area contributed by atoms with E-state index in [2.05, 4.69) is 0 Å². The molecule has 0 saturated heterocycles. The normalized spacial score (nSPS) is 10.8. The Labute approximate surface area is 135 Å². The number of hydrogen-bond acceptors (Lipinski definition) is 3. The summed E-state index contributed by atoms with van der Waals surface area (Å²) in [5.74, 6) is -0.660. The fourth-order valence-electron chi connectivity index (χ4n) is 1.92. The van der Waals surface area contributed by atoms with E-state index in [1.54, 1.807) is 18.2 Å². The molecule has 3 nitrogen and oxygen atoms in total. The van der Waals surface area contributed by atoms with Crippen LogP contribution in [0, 0.1) is 5.82 Å². The molecule has 0 aliphatic carbocycles. The summed E-state index contributed by atoms with van der Waals surface area (Å²) in [6, 6.07) is 15.7. The van der Waals surface area contributed by atoms with Gasteiger partial charge < -0.3 is 9.47 Å². The van der Waals surface area contributed by atoms with Gasteiger partial charge in [-0.1, -0.05) is 48.5 Å². The molecule has 0 aromatic heterocycles. The summed E-state index contributed by atoms with van der Waals surface area (Å²) in [4.78, 5) is 11.6. The summed E-state index contributed by atoms with van der Waals surface area (Å²) < 4.78 is 23.3. The fraction of sp³-hybridized carbons (Fsp3) is 0.211. The fourth-order valence-corrected chi connectivity index (χ4v) is 1.92. The molecule has 0 radical (unpaired) electrons. The maximum absolute atomic E-state index is 12.7. The van der Waals surface area contributed by atoms with E-state index in [1.165, 1.54) is 12.1 Å². The number of ether oxygens (including phenoxy) is 2. The first-order valence-electron chi connectivity index (χ1n) is 7.41. The van der Waals surface area contributed by atoms with Crippen molar-refractivity contribution >= 4 is 5.97 Å². The SMILES string of the molecule is O=C(Cc1ccc(F)cc1)OC/C=C/COCc1ccccc1. The molecule has 0 spiro atoms. The second-order valence-electron chi connectivity index (χ2n) is 4.96. The monoisotopic (exact) mass is 314 g/mol. The second kappa shape index (κ2) is 9.54. The number of hydrogen-bond donors (Lipinski definition) is 0. The van der Waals surface area contributed by atoms with Crippen molar-refractivity contribution in [1.82, 2.24) is 0 Å². The van der Waals surface area contributed by atoms with E-state index in [9.17, 15) is 9.18 Å². The number of esters is 1. The third kappa shape index (κ3) is 6.89. The summed E-state index contributed by atoms with van der Waals surface area (Å²) in [6.45, 7) is 1.22. The lowest BCUT2D eigenvalue weighted by molar-refractivity contribution is -0.141. The number of carbonyl (C=O) groups excluding carboxylic acids is 1. The Bertz CT molecular complexity index is 621. The molecule has 4 heteroatoms. The zero-order valence-electron chi connectivity index (χ0n) is 12.8. The van der Waals surface area contributed by atoms with E-state index in [1.807, 2.05) is 36.4 Å². The van der Waals surface area contributed by atoms with Crippen molar-refractivity contribution in [3.05, 3.63) is 83.7 Å². The van der Waals surface area contributed by atoms with Crippen LogP contribution in [-0.4, -0.2) is 19.2 Å². The van der Waals surface area contributed by atoms with Gasteiger partial charge in [0.2, 0.25) is 0 Å². The van der Waals surface area contributed by atoms with Crippen molar-refractivity contribution in [3.8, 4) is 0 Å². The van der Waals surface area contributed by atoms with E-state index in [0.717, 1.165) is 11.1 Å². The van der Waals surface area contributed by atoms with Gasteiger partial charge in [0.15, 0.2) is 0 Å². The summed E-state index contributed by atoms with van der Waals surface area (Å²) in [5.41, 5.74) is 1.85. The predicted octanol–water partition coefficient (Wildman–Crippen LogP) is 3.68. The lowest BCUT2D eigenvalue weighted by atomic mass is 10.1. The molecule has 120 valence electrons. The summed E-state index contributed by atoms with van der Waals surface area (Å²) in [7, 11) is 0. The number of halogens is 1. The van der Waals surface area contributed by atoms with E-state index < -0.39 is 0 Å². The number of carbonyl (C=O) groups is 1. The van der Waals surface area contributed by atoms with E-state index in [4.69, 9.17) is 9.47 Å². The molecular formula is C19H19FO3. The van der Waals surface area contributed by atoms with Crippen molar-refractivity contribution in [2.75, 3.05) is 13.2 Å². The number of benzene rings is 2. The molecule has 0 N–H and O–H groups in total. The highest BCUT2D eigenvalue weighted by atomic mass is 19.1. The quantitative estimate of drug-likeness (QED) is 0.423. The molecule has 0 amide bonds. The molecule has 2 rings (SSSR count). The predicted molar refractivity (Wildman–Crippen MR) is 86.3 cm³/mol. The van der Waals surface area contributed by atoms with Gasteiger partial charge in [0.05, 0.1) is 19.6 Å². The van der Waals surface area contributed by atoms with Gasteiger partial charge in [-0.2, -0.15) is 0 Å². The average molecular weight is 314 g/mol. The first kappa shape index (κ1) is 16.9. The molecule has 0 unspecified atom stereocenters. The van der Waals surface area contributed by atoms with Gasteiger partial charge in [-0.25, -0.2) is 4.39 Å². The van der Waals surface area contributed by atoms with Crippen LogP contribution in [0.2, 0.25) is 0 Å². The lowest BCUT2D eigenvalue weighted by Gasteiger charge is -2.03. The van der Waals surface area contributed by atoms with Crippen LogP contribution in [0.3, 0.4) is 0 Å². The topological polar surface area (TPSA) is 35.5 Å². The lowest BCUT2D eigenvalue weighted by Crippen LogP contribution is -2.08. The zero-order valence-corrected chi connectivity index (χ0v) is 12.8. The standard InChI is InChI=1S/C19H19FO3/c20-18-10-8-16(9-11-18)14-19(21)23-13-5-4-12-22-15-17-6-2-1-3-7-17/h1-11H,12-15H2/b5-4+. The van der Waals surface area contributed by atoms with Gasteiger partial charge in [-0.3, -0.25) is 4.79 Å². The third-order valence-corrected chi connectivity index (χ3v) is 3.09. The van der Waals surface area contributed by atoms with Crippen molar-refractivity contribution in [2.24, 2.45) is 0 Å². The molecule has 0 bridgehead atoms. The molecule has 2 aromatic rings. The minimum Gasteiger partial charge on any atom is -0.461 e.